The Balaban J connectivity index is 1.84. The predicted octanol–water partition coefficient (Wildman–Crippen LogP) is 0.286. The summed E-state index contributed by atoms with van der Waals surface area (Å²) in [5.74, 6) is 0.346. The number of nitrogens with one attached hydrogen (secondary N) is 1. The van der Waals surface area contributed by atoms with E-state index >= 15 is 0 Å². The molecule has 0 bridgehead atoms. The smallest absolute Gasteiger partial charge is 0.339 e. The minimum absolute atomic E-state index is 0.385. The van der Waals surface area contributed by atoms with Crippen molar-refractivity contribution < 1.29 is 9.53 Å². The van der Waals surface area contributed by atoms with E-state index in [4.69, 9.17) is 0 Å². The Bertz CT molecular complexity index is 550. The predicted molar refractivity (Wildman–Crippen MR) is 67.1 cm³/mol. The standard InChI is InChI=1S/C12H15N5O2/c1-17-8-15-11(16-17)7-13-6-10-4-3-9(5-14-10)12(18)19-2/h3-5,8,13H,6-7H2,1-2H3. The molecule has 0 atom stereocenters. The number of carbonyl (C=O) groups is 1. The van der Waals surface area contributed by atoms with Crippen molar-refractivity contribution in [2.45, 2.75) is 13.1 Å². The molecule has 2 aromatic heterocycles. The van der Waals surface area contributed by atoms with E-state index in [1.54, 1.807) is 23.1 Å². The molecule has 2 aromatic rings. The van der Waals surface area contributed by atoms with Gasteiger partial charge in [0, 0.05) is 19.8 Å². The molecule has 19 heavy (non-hydrogen) atoms. The monoisotopic (exact) mass is 261 g/mol. The number of rotatable bonds is 5. The third-order valence-electron chi connectivity index (χ3n) is 2.48. The summed E-state index contributed by atoms with van der Waals surface area (Å²) < 4.78 is 6.26. The average molecular weight is 261 g/mol. The van der Waals surface area contributed by atoms with E-state index in [0.717, 1.165) is 11.5 Å². The van der Waals surface area contributed by atoms with Crippen LogP contribution in [0.15, 0.2) is 24.7 Å². The van der Waals surface area contributed by atoms with Gasteiger partial charge in [-0.25, -0.2) is 9.78 Å². The summed E-state index contributed by atoms with van der Waals surface area (Å²) >= 11 is 0. The van der Waals surface area contributed by atoms with E-state index in [0.29, 0.717) is 18.7 Å². The van der Waals surface area contributed by atoms with E-state index in [1.165, 1.54) is 13.3 Å². The van der Waals surface area contributed by atoms with Crippen molar-refractivity contribution in [2.75, 3.05) is 7.11 Å². The number of ether oxygens (including phenoxy) is 1. The number of aryl methyl sites for hydroxylation is 1. The zero-order valence-corrected chi connectivity index (χ0v) is 10.8. The summed E-state index contributed by atoms with van der Waals surface area (Å²) in [5, 5.41) is 7.33. The molecule has 100 valence electrons. The highest BCUT2D eigenvalue weighted by Crippen LogP contribution is 2.02. The third-order valence-corrected chi connectivity index (χ3v) is 2.48. The lowest BCUT2D eigenvalue weighted by molar-refractivity contribution is 0.0600. The number of methoxy groups -OCH3 is 1. The van der Waals surface area contributed by atoms with Gasteiger partial charge in [0.1, 0.15) is 6.33 Å². The van der Waals surface area contributed by atoms with E-state index in [2.05, 4.69) is 25.1 Å². The second-order valence-electron chi connectivity index (χ2n) is 3.97. The van der Waals surface area contributed by atoms with E-state index in [9.17, 15) is 4.79 Å². The van der Waals surface area contributed by atoms with Crippen LogP contribution in [0.5, 0.6) is 0 Å². The van der Waals surface area contributed by atoms with Gasteiger partial charge in [0.15, 0.2) is 5.82 Å². The van der Waals surface area contributed by atoms with Gasteiger partial charge < -0.3 is 10.1 Å². The van der Waals surface area contributed by atoms with Crippen LogP contribution in [0.25, 0.3) is 0 Å². The van der Waals surface area contributed by atoms with Crippen LogP contribution in [-0.4, -0.2) is 32.8 Å². The second kappa shape index (κ2) is 6.05. The molecule has 0 unspecified atom stereocenters. The fraction of sp³-hybridized carbons (Fsp3) is 0.333. The maximum Gasteiger partial charge on any atom is 0.339 e. The topological polar surface area (TPSA) is 81.9 Å². The first-order chi connectivity index (χ1) is 9.19. The van der Waals surface area contributed by atoms with Crippen molar-refractivity contribution >= 4 is 5.97 Å². The Morgan fingerprint density at radius 2 is 2.21 bits per heavy atom. The molecule has 0 saturated heterocycles. The van der Waals surface area contributed by atoms with Gasteiger partial charge in [0.2, 0.25) is 0 Å². The lowest BCUT2D eigenvalue weighted by Crippen LogP contribution is -2.15. The van der Waals surface area contributed by atoms with Crippen LogP contribution in [0, 0.1) is 0 Å². The Labute approximate surface area is 110 Å². The lowest BCUT2D eigenvalue weighted by Gasteiger charge is -2.03. The highest BCUT2D eigenvalue weighted by atomic mass is 16.5. The maximum atomic E-state index is 11.2. The van der Waals surface area contributed by atoms with Crippen molar-refractivity contribution in [2.24, 2.45) is 7.05 Å². The largest absolute Gasteiger partial charge is 0.465 e. The molecular weight excluding hydrogens is 246 g/mol. The van der Waals surface area contributed by atoms with Crippen LogP contribution >= 0.6 is 0 Å². The van der Waals surface area contributed by atoms with Gasteiger partial charge in [-0.3, -0.25) is 9.67 Å². The van der Waals surface area contributed by atoms with Crippen molar-refractivity contribution in [3.05, 3.63) is 41.7 Å². The molecule has 7 heteroatoms. The number of aromatic nitrogens is 4. The zero-order chi connectivity index (χ0) is 13.7. The molecule has 0 radical (unpaired) electrons. The van der Waals surface area contributed by atoms with E-state index in [1.807, 2.05) is 7.05 Å². The first-order valence-corrected chi connectivity index (χ1v) is 5.77. The quantitative estimate of drug-likeness (QED) is 0.779. The fourth-order valence-electron chi connectivity index (χ4n) is 1.53. The summed E-state index contributed by atoms with van der Waals surface area (Å²) in [5.41, 5.74) is 1.28. The minimum atomic E-state index is -0.385. The van der Waals surface area contributed by atoms with E-state index < -0.39 is 0 Å². The average Bonchev–Trinajstić information content (AvgIpc) is 2.84. The van der Waals surface area contributed by atoms with E-state index in [-0.39, 0.29) is 5.97 Å². The highest BCUT2D eigenvalue weighted by Gasteiger charge is 2.05. The molecule has 0 aliphatic heterocycles. The van der Waals surface area contributed by atoms with Gasteiger partial charge in [0.05, 0.1) is 24.9 Å². The number of pyridine rings is 1. The molecule has 0 fully saturated rings. The summed E-state index contributed by atoms with van der Waals surface area (Å²) in [6, 6.07) is 3.47. The first kappa shape index (κ1) is 13.2. The number of hydrogen-bond acceptors (Lipinski definition) is 6. The maximum absolute atomic E-state index is 11.2. The van der Waals surface area contributed by atoms with Crippen molar-refractivity contribution in [3.63, 3.8) is 0 Å². The summed E-state index contributed by atoms with van der Waals surface area (Å²) in [6.45, 7) is 1.15. The summed E-state index contributed by atoms with van der Waals surface area (Å²) in [4.78, 5) is 19.5. The number of nitrogens with zero attached hydrogens (tertiary/aromatic N) is 4. The van der Waals surface area contributed by atoms with Crippen LogP contribution in [0.4, 0.5) is 0 Å². The molecule has 2 heterocycles. The molecular formula is C12H15N5O2. The SMILES string of the molecule is COC(=O)c1ccc(CNCc2ncn(C)n2)nc1. The molecule has 7 nitrogen and oxygen atoms in total. The van der Waals surface area contributed by atoms with Crippen LogP contribution in [-0.2, 0) is 24.9 Å². The summed E-state index contributed by atoms with van der Waals surface area (Å²) in [6.07, 6.45) is 3.16. The minimum Gasteiger partial charge on any atom is -0.465 e. The van der Waals surface area contributed by atoms with Gasteiger partial charge in [-0.05, 0) is 12.1 Å². The molecule has 0 amide bonds. The van der Waals surface area contributed by atoms with Crippen LogP contribution in [0.3, 0.4) is 0 Å². The molecule has 0 spiro atoms. The lowest BCUT2D eigenvalue weighted by atomic mass is 10.2. The molecule has 0 aliphatic carbocycles. The highest BCUT2D eigenvalue weighted by molar-refractivity contribution is 5.88. The Morgan fingerprint density at radius 1 is 1.37 bits per heavy atom. The Kier molecular flexibility index (Phi) is 4.19. The van der Waals surface area contributed by atoms with Gasteiger partial charge in [-0.15, -0.1) is 0 Å². The Morgan fingerprint density at radius 3 is 2.79 bits per heavy atom. The van der Waals surface area contributed by atoms with Gasteiger partial charge >= 0.3 is 5.97 Å². The number of hydrogen-bond donors (Lipinski definition) is 1. The number of esters is 1. The van der Waals surface area contributed by atoms with Crippen molar-refractivity contribution in [1.29, 1.82) is 0 Å². The third kappa shape index (κ3) is 3.59. The van der Waals surface area contributed by atoms with Crippen LogP contribution in [0.1, 0.15) is 21.9 Å². The number of carbonyl (C=O) groups excluding carboxylic acids is 1. The first-order valence-electron chi connectivity index (χ1n) is 5.77. The molecule has 0 aliphatic rings. The second-order valence-corrected chi connectivity index (χ2v) is 3.97. The fourth-order valence-corrected chi connectivity index (χ4v) is 1.53. The molecule has 1 N–H and O–H groups in total. The molecule has 0 aromatic carbocycles. The van der Waals surface area contributed by atoms with Gasteiger partial charge in [0.25, 0.3) is 0 Å². The van der Waals surface area contributed by atoms with Crippen molar-refractivity contribution in [1.82, 2.24) is 25.1 Å². The van der Waals surface area contributed by atoms with Crippen molar-refractivity contribution in [3.8, 4) is 0 Å². The molecule has 0 saturated carbocycles. The normalized spacial score (nSPS) is 10.4. The Hall–Kier alpha value is -2.28. The zero-order valence-electron chi connectivity index (χ0n) is 10.8. The summed E-state index contributed by atoms with van der Waals surface area (Å²) in [7, 11) is 3.17. The van der Waals surface area contributed by atoms with Gasteiger partial charge in [-0.1, -0.05) is 0 Å². The van der Waals surface area contributed by atoms with Crippen LogP contribution in [0.2, 0.25) is 0 Å². The van der Waals surface area contributed by atoms with Crippen LogP contribution < -0.4 is 5.32 Å². The van der Waals surface area contributed by atoms with Gasteiger partial charge in [-0.2, -0.15) is 5.10 Å². The molecule has 2 rings (SSSR count).